The number of carbonyl (C=O) groups excluding carboxylic acids is 2. The van der Waals surface area contributed by atoms with Gasteiger partial charge in [-0.1, -0.05) is 0 Å². The molecule has 5 fully saturated rings. The molecule has 0 aliphatic carbocycles. The molecule has 0 saturated carbocycles. The van der Waals surface area contributed by atoms with Crippen LogP contribution in [0.15, 0.2) is 0 Å². The maximum absolute atomic E-state index is 13.6. The van der Waals surface area contributed by atoms with Crippen molar-refractivity contribution in [3.05, 3.63) is 0 Å². The minimum absolute atomic E-state index is 0.00722. The van der Waals surface area contributed by atoms with E-state index >= 15 is 0 Å². The zero-order chi connectivity index (χ0) is 26.3. The highest BCUT2D eigenvalue weighted by Crippen LogP contribution is 2.38. The van der Waals surface area contributed by atoms with Gasteiger partial charge in [0.25, 0.3) is 0 Å². The Labute approximate surface area is 229 Å². The van der Waals surface area contributed by atoms with E-state index in [4.69, 9.17) is 16.3 Å². The van der Waals surface area contributed by atoms with Crippen molar-refractivity contribution in [2.45, 2.75) is 86.6 Å². The van der Waals surface area contributed by atoms with Crippen molar-refractivity contribution in [3.63, 3.8) is 0 Å². The lowest BCUT2D eigenvalue weighted by atomic mass is 9.70. The normalized spacial score (nSPS) is 46.5. The predicted molar refractivity (Wildman–Crippen MR) is 146 cm³/mol. The topological polar surface area (TPSA) is 119 Å². The number of alkyl halides is 1. The van der Waals surface area contributed by atoms with Crippen LogP contribution in [0.25, 0.3) is 0 Å². The summed E-state index contributed by atoms with van der Waals surface area (Å²) in [6.07, 6.45) is 2.64. The second kappa shape index (κ2) is 11.8. The van der Waals surface area contributed by atoms with Gasteiger partial charge in [0.15, 0.2) is 0 Å². The quantitative estimate of drug-likeness (QED) is 0.205. The Balaban J connectivity index is 1.16. The van der Waals surface area contributed by atoms with E-state index in [1.54, 1.807) is 18.9 Å². The van der Waals surface area contributed by atoms with E-state index in [1.807, 2.05) is 4.90 Å². The van der Waals surface area contributed by atoms with E-state index in [1.165, 1.54) is 0 Å². The maximum Gasteiger partial charge on any atom is 0.227 e. The van der Waals surface area contributed by atoms with Gasteiger partial charge in [-0.05, 0) is 51.9 Å². The highest BCUT2D eigenvalue weighted by Gasteiger charge is 2.47. The highest BCUT2D eigenvalue weighted by atomic mass is 35.5. The number of methoxy groups -OCH3 is 1. The maximum atomic E-state index is 13.6. The number of nitrogens with zero attached hydrogens (tertiary/aromatic N) is 1. The van der Waals surface area contributed by atoms with Crippen molar-refractivity contribution in [2.24, 2.45) is 23.7 Å². The average Bonchev–Trinajstić information content (AvgIpc) is 3.43. The highest BCUT2D eigenvalue weighted by molar-refractivity contribution is 8.00. The van der Waals surface area contributed by atoms with E-state index in [-0.39, 0.29) is 76.0 Å². The number of nitrogens with one attached hydrogen (secondary N) is 6. The van der Waals surface area contributed by atoms with Gasteiger partial charge in [-0.2, -0.15) is 0 Å². The summed E-state index contributed by atoms with van der Waals surface area (Å²) in [5.74, 6) is 0.650. The van der Waals surface area contributed by atoms with Crippen LogP contribution in [0.3, 0.4) is 0 Å². The summed E-state index contributed by atoms with van der Waals surface area (Å²) in [6.45, 7) is 9.16. The second-order valence-electron chi connectivity index (χ2n) is 11.8. The van der Waals surface area contributed by atoms with Gasteiger partial charge in [0.1, 0.15) is 5.50 Å². The number of thioether (sulfide) groups is 1. The third-order valence-corrected chi connectivity index (χ3v) is 10.8. The third-order valence-electron chi connectivity index (χ3n) is 9.13. The molecule has 12 heteroatoms. The summed E-state index contributed by atoms with van der Waals surface area (Å²) in [7, 11) is 1.75. The molecule has 5 aliphatic heterocycles. The molecule has 0 aromatic rings. The van der Waals surface area contributed by atoms with Crippen LogP contribution in [-0.4, -0.2) is 96.5 Å². The van der Waals surface area contributed by atoms with Gasteiger partial charge in [-0.3, -0.25) is 31.1 Å². The van der Waals surface area contributed by atoms with E-state index in [0.29, 0.717) is 25.7 Å². The molecule has 5 rings (SSSR count). The summed E-state index contributed by atoms with van der Waals surface area (Å²) in [4.78, 5) is 28.9. The molecule has 0 aromatic carbocycles. The molecular weight excluding hydrogens is 514 g/mol. The van der Waals surface area contributed by atoms with Crippen LogP contribution in [0.2, 0.25) is 0 Å². The molecule has 5 saturated heterocycles. The van der Waals surface area contributed by atoms with Crippen LogP contribution in [0.4, 0.5) is 0 Å². The molecule has 12 unspecified atom stereocenters. The van der Waals surface area contributed by atoms with Crippen molar-refractivity contribution < 1.29 is 14.3 Å². The molecule has 2 amide bonds. The van der Waals surface area contributed by atoms with Gasteiger partial charge < -0.3 is 20.3 Å². The summed E-state index contributed by atoms with van der Waals surface area (Å²) >= 11 is 8.22. The Kier molecular flexibility index (Phi) is 8.92. The van der Waals surface area contributed by atoms with Crippen LogP contribution in [0.1, 0.15) is 40.0 Å². The van der Waals surface area contributed by atoms with Gasteiger partial charge in [0.2, 0.25) is 11.8 Å². The van der Waals surface area contributed by atoms with Gasteiger partial charge in [0.05, 0.1) is 23.4 Å². The zero-order valence-corrected chi connectivity index (χ0v) is 23.9. The van der Waals surface area contributed by atoms with Crippen molar-refractivity contribution >= 4 is 35.2 Å². The Hall–Kier alpha value is -0.660. The Morgan fingerprint density at radius 3 is 2.54 bits per heavy atom. The van der Waals surface area contributed by atoms with Crippen LogP contribution in [0.5, 0.6) is 0 Å². The van der Waals surface area contributed by atoms with Crippen molar-refractivity contribution in [1.82, 2.24) is 37.0 Å². The van der Waals surface area contributed by atoms with Crippen molar-refractivity contribution in [3.8, 4) is 0 Å². The lowest BCUT2D eigenvalue weighted by Gasteiger charge is -2.45. The largest absolute Gasteiger partial charge is 0.380 e. The first-order valence-electron chi connectivity index (χ1n) is 13.9. The molecule has 0 radical (unpaired) electrons. The van der Waals surface area contributed by atoms with Crippen molar-refractivity contribution in [2.75, 3.05) is 33.3 Å². The Morgan fingerprint density at radius 1 is 0.973 bits per heavy atom. The lowest BCUT2D eigenvalue weighted by Crippen LogP contribution is -2.58. The Morgan fingerprint density at radius 2 is 1.78 bits per heavy atom. The molecule has 0 spiro atoms. The zero-order valence-electron chi connectivity index (χ0n) is 22.3. The number of hydrazine groups is 1. The number of carbonyl (C=O) groups is 2. The lowest BCUT2D eigenvalue weighted by molar-refractivity contribution is -0.137. The van der Waals surface area contributed by atoms with Gasteiger partial charge in [0, 0.05) is 62.7 Å². The van der Waals surface area contributed by atoms with Gasteiger partial charge >= 0.3 is 0 Å². The number of hydrogen-bond donors (Lipinski definition) is 6. The van der Waals surface area contributed by atoms with Gasteiger partial charge in [-0.15, -0.1) is 23.4 Å². The van der Waals surface area contributed by atoms with Crippen LogP contribution in [0, 0.1) is 23.7 Å². The monoisotopic (exact) mass is 557 g/mol. The standard InChI is InChI=1S/C25H44ClN7O3S/c1-12-5-16(17-7-22(26)28-9-20(17)36-4)18(8-27-12)23(34)30-25-29-19-10-33(11-21(19)37-25)24(35)15-6-13(2)31-32-14(15)3/h12-22,25,27-29,31-32H,5-11H2,1-4H3,(H,30,34). The number of piperidine rings is 2. The number of ether oxygens (including phenoxy) is 1. The van der Waals surface area contributed by atoms with E-state index < -0.39 is 0 Å². The number of likely N-dealkylation sites (tertiary alicyclic amines) is 1. The van der Waals surface area contributed by atoms with E-state index in [9.17, 15) is 9.59 Å². The molecule has 5 heterocycles. The molecule has 6 N–H and O–H groups in total. The summed E-state index contributed by atoms with van der Waals surface area (Å²) in [5, 5.41) is 14.0. The smallest absolute Gasteiger partial charge is 0.227 e. The number of halogens is 1. The molecule has 10 nitrogen and oxygen atoms in total. The Bertz CT molecular complexity index is 828. The second-order valence-corrected chi connectivity index (χ2v) is 13.6. The number of fused-ring (bicyclic) bond motifs is 1. The summed E-state index contributed by atoms with van der Waals surface area (Å²) in [6, 6.07) is 0.947. The molecule has 12 atom stereocenters. The van der Waals surface area contributed by atoms with E-state index in [0.717, 1.165) is 25.8 Å². The van der Waals surface area contributed by atoms with Crippen LogP contribution >= 0.6 is 23.4 Å². The van der Waals surface area contributed by atoms with Crippen LogP contribution in [-0.2, 0) is 14.3 Å². The summed E-state index contributed by atoms with van der Waals surface area (Å²) in [5.41, 5.74) is 6.26. The first kappa shape index (κ1) is 27.9. The fourth-order valence-electron chi connectivity index (χ4n) is 7.01. The predicted octanol–water partition coefficient (Wildman–Crippen LogP) is -0.00330. The third kappa shape index (κ3) is 6.09. The minimum atomic E-state index is -0.133. The fourth-order valence-corrected chi connectivity index (χ4v) is 8.72. The minimum Gasteiger partial charge on any atom is -0.380 e. The van der Waals surface area contributed by atoms with Crippen LogP contribution < -0.4 is 32.1 Å². The molecular formula is C25H44ClN7O3S. The average molecular weight is 558 g/mol. The number of hydrogen-bond acceptors (Lipinski definition) is 9. The molecule has 0 bridgehead atoms. The summed E-state index contributed by atoms with van der Waals surface area (Å²) < 4.78 is 5.81. The first-order chi connectivity index (χ1) is 17.7. The van der Waals surface area contributed by atoms with Crippen molar-refractivity contribution in [1.29, 1.82) is 0 Å². The SMILES string of the molecule is COC1CNC(Cl)CC1C1CC(C)NCC1C(=O)NC1NC2CN(C(=O)C3CC(C)NNC3C)CC2S1. The first-order valence-corrected chi connectivity index (χ1v) is 15.3. The number of rotatable bonds is 5. The molecule has 210 valence electrons. The molecule has 37 heavy (non-hydrogen) atoms. The van der Waals surface area contributed by atoms with Gasteiger partial charge in [-0.25, -0.2) is 0 Å². The fraction of sp³-hybridized carbons (Fsp3) is 0.920. The number of amides is 2. The molecule has 5 aliphatic rings. The molecule has 0 aromatic heterocycles. The van der Waals surface area contributed by atoms with E-state index in [2.05, 4.69) is 52.9 Å².